The molecule has 0 saturated heterocycles. The molecule has 1 aliphatic heterocycles. The van der Waals surface area contributed by atoms with Gasteiger partial charge in [0.2, 0.25) is 0 Å². The molecule has 0 fully saturated rings. The predicted molar refractivity (Wildman–Crippen MR) is 127 cm³/mol. The van der Waals surface area contributed by atoms with Crippen LogP contribution in [0.2, 0.25) is 0 Å². The van der Waals surface area contributed by atoms with Crippen LogP contribution in [-0.4, -0.2) is 24.0 Å². The van der Waals surface area contributed by atoms with Gasteiger partial charge in [-0.3, -0.25) is 4.90 Å². The molecule has 3 aromatic rings. The summed E-state index contributed by atoms with van der Waals surface area (Å²) in [5.41, 5.74) is 9.56. The second-order valence-electron chi connectivity index (χ2n) is 8.98. The van der Waals surface area contributed by atoms with E-state index < -0.39 is 0 Å². The van der Waals surface area contributed by atoms with Crippen LogP contribution < -0.4 is 5.32 Å². The minimum Gasteiger partial charge on any atom is -0.311 e. The first-order valence-electron chi connectivity index (χ1n) is 11.3. The van der Waals surface area contributed by atoms with E-state index in [-0.39, 0.29) is 5.82 Å². The molecular formula is C28H33FN2. The van der Waals surface area contributed by atoms with E-state index >= 15 is 0 Å². The van der Waals surface area contributed by atoms with Crippen LogP contribution in [0.25, 0.3) is 0 Å². The summed E-state index contributed by atoms with van der Waals surface area (Å²) in [6.07, 6.45) is 1.99. The molecule has 0 spiro atoms. The topological polar surface area (TPSA) is 15.3 Å². The van der Waals surface area contributed by atoms with Gasteiger partial charge in [-0.15, -0.1) is 0 Å². The number of fused-ring (bicyclic) bond motifs is 1. The van der Waals surface area contributed by atoms with Crippen LogP contribution in [-0.2, 0) is 25.9 Å². The zero-order chi connectivity index (χ0) is 21.8. The fraction of sp³-hybridized carbons (Fsp3) is 0.357. The van der Waals surface area contributed by atoms with Gasteiger partial charge in [0.05, 0.1) is 0 Å². The van der Waals surface area contributed by atoms with Crippen molar-refractivity contribution in [2.24, 2.45) is 0 Å². The second-order valence-corrected chi connectivity index (χ2v) is 8.98. The molecule has 1 heterocycles. The van der Waals surface area contributed by atoms with Gasteiger partial charge in [0.25, 0.3) is 0 Å². The number of halogens is 1. The Labute approximate surface area is 186 Å². The van der Waals surface area contributed by atoms with E-state index in [9.17, 15) is 4.39 Å². The normalized spacial score (nSPS) is 16.3. The number of hydrogen-bond acceptors (Lipinski definition) is 2. The molecule has 0 aromatic heterocycles. The van der Waals surface area contributed by atoms with Crippen LogP contribution in [0.4, 0.5) is 4.39 Å². The number of hydrogen-bond donors (Lipinski definition) is 1. The van der Waals surface area contributed by atoms with Crippen LogP contribution in [0.3, 0.4) is 0 Å². The Balaban J connectivity index is 1.41. The maximum absolute atomic E-state index is 13.3. The van der Waals surface area contributed by atoms with Crippen molar-refractivity contribution in [3.05, 3.63) is 105 Å². The zero-order valence-electron chi connectivity index (χ0n) is 18.9. The maximum atomic E-state index is 13.3. The summed E-state index contributed by atoms with van der Waals surface area (Å²) in [7, 11) is 0. The van der Waals surface area contributed by atoms with E-state index in [4.69, 9.17) is 0 Å². The average molecular weight is 417 g/mol. The minimum absolute atomic E-state index is 0.166. The Morgan fingerprint density at radius 3 is 2.32 bits per heavy atom. The Morgan fingerprint density at radius 2 is 1.61 bits per heavy atom. The third-order valence-electron chi connectivity index (χ3n) is 6.57. The standard InChI is InChI=1S/C28H33FN2/c1-20-14-21(2)28(22(3)15-20)18-30-12-13-31-19-25-7-5-4-6-24(25)17-27(31)16-23-8-10-26(29)11-9-23/h4-11,14-15,27,30H,12-13,16-19H2,1-3H3. The predicted octanol–water partition coefficient (Wildman–Crippen LogP) is 5.51. The molecule has 3 aromatic carbocycles. The van der Waals surface area contributed by atoms with E-state index in [0.29, 0.717) is 6.04 Å². The van der Waals surface area contributed by atoms with Crippen molar-refractivity contribution >= 4 is 0 Å². The summed E-state index contributed by atoms with van der Waals surface area (Å²) >= 11 is 0. The Kier molecular flexibility index (Phi) is 6.84. The quantitative estimate of drug-likeness (QED) is 0.511. The SMILES string of the molecule is Cc1cc(C)c(CNCCN2Cc3ccccc3CC2Cc2ccc(F)cc2)c(C)c1. The second kappa shape index (κ2) is 9.76. The lowest BCUT2D eigenvalue weighted by atomic mass is 9.90. The van der Waals surface area contributed by atoms with Gasteiger partial charge in [0, 0.05) is 32.2 Å². The summed E-state index contributed by atoms with van der Waals surface area (Å²) < 4.78 is 13.3. The van der Waals surface area contributed by atoms with Gasteiger partial charge in [0.15, 0.2) is 0 Å². The highest BCUT2D eigenvalue weighted by atomic mass is 19.1. The molecule has 1 aliphatic rings. The van der Waals surface area contributed by atoms with Crippen molar-refractivity contribution in [1.29, 1.82) is 0 Å². The van der Waals surface area contributed by atoms with Crippen LogP contribution in [0, 0.1) is 26.6 Å². The summed E-state index contributed by atoms with van der Waals surface area (Å²) in [5.74, 6) is -0.166. The van der Waals surface area contributed by atoms with Gasteiger partial charge in [-0.2, -0.15) is 0 Å². The number of nitrogens with zero attached hydrogens (tertiary/aromatic N) is 1. The first-order valence-corrected chi connectivity index (χ1v) is 11.3. The number of aryl methyl sites for hydroxylation is 3. The van der Waals surface area contributed by atoms with Gasteiger partial charge >= 0.3 is 0 Å². The molecule has 0 saturated carbocycles. The van der Waals surface area contributed by atoms with Crippen LogP contribution >= 0.6 is 0 Å². The molecule has 0 bridgehead atoms. The summed E-state index contributed by atoms with van der Waals surface area (Å²) in [6, 6.07) is 20.8. The van der Waals surface area contributed by atoms with Gasteiger partial charge in [0.1, 0.15) is 5.82 Å². The molecule has 1 N–H and O–H groups in total. The Morgan fingerprint density at radius 1 is 0.935 bits per heavy atom. The van der Waals surface area contributed by atoms with Crippen molar-refractivity contribution in [3.63, 3.8) is 0 Å². The highest BCUT2D eigenvalue weighted by Crippen LogP contribution is 2.25. The molecule has 1 unspecified atom stereocenters. The van der Waals surface area contributed by atoms with E-state index in [1.807, 2.05) is 12.1 Å². The molecule has 2 nitrogen and oxygen atoms in total. The van der Waals surface area contributed by atoms with Crippen LogP contribution in [0.15, 0.2) is 60.7 Å². The smallest absolute Gasteiger partial charge is 0.123 e. The first-order chi connectivity index (χ1) is 15.0. The van der Waals surface area contributed by atoms with E-state index in [0.717, 1.165) is 39.0 Å². The lowest BCUT2D eigenvalue weighted by Crippen LogP contribution is -2.44. The first kappa shape index (κ1) is 21.7. The Hall–Kier alpha value is -2.49. The Bertz CT molecular complexity index is 1000. The number of benzene rings is 3. The van der Waals surface area contributed by atoms with Gasteiger partial charge in [-0.1, -0.05) is 54.1 Å². The molecule has 0 radical (unpaired) electrons. The average Bonchev–Trinajstić information content (AvgIpc) is 2.74. The van der Waals surface area contributed by atoms with Crippen molar-refractivity contribution < 1.29 is 4.39 Å². The summed E-state index contributed by atoms with van der Waals surface area (Å²) in [5, 5.41) is 3.67. The third-order valence-corrected chi connectivity index (χ3v) is 6.57. The summed E-state index contributed by atoms with van der Waals surface area (Å²) in [4.78, 5) is 2.59. The summed E-state index contributed by atoms with van der Waals surface area (Å²) in [6.45, 7) is 10.4. The van der Waals surface area contributed by atoms with E-state index in [2.05, 4.69) is 67.4 Å². The molecule has 3 heteroatoms. The van der Waals surface area contributed by atoms with Crippen molar-refractivity contribution in [2.45, 2.75) is 52.7 Å². The van der Waals surface area contributed by atoms with Gasteiger partial charge in [-0.25, -0.2) is 4.39 Å². The monoisotopic (exact) mass is 416 g/mol. The number of nitrogens with one attached hydrogen (secondary N) is 1. The van der Waals surface area contributed by atoms with Crippen molar-refractivity contribution in [3.8, 4) is 0 Å². The molecule has 1 atom stereocenters. The molecular weight excluding hydrogens is 383 g/mol. The minimum atomic E-state index is -0.166. The highest BCUT2D eigenvalue weighted by molar-refractivity contribution is 5.37. The lowest BCUT2D eigenvalue weighted by Gasteiger charge is -2.37. The molecule has 0 aliphatic carbocycles. The molecule has 31 heavy (non-hydrogen) atoms. The maximum Gasteiger partial charge on any atom is 0.123 e. The largest absolute Gasteiger partial charge is 0.311 e. The third kappa shape index (κ3) is 5.41. The zero-order valence-corrected chi connectivity index (χ0v) is 18.9. The van der Waals surface area contributed by atoms with Crippen LogP contribution in [0.5, 0.6) is 0 Å². The van der Waals surface area contributed by atoms with Crippen LogP contribution in [0.1, 0.15) is 38.9 Å². The van der Waals surface area contributed by atoms with E-state index in [1.165, 1.54) is 38.9 Å². The fourth-order valence-corrected chi connectivity index (χ4v) is 4.92. The fourth-order valence-electron chi connectivity index (χ4n) is 4.92. The molecule has 0 amide bonds. The van der Waals surface area contributed by atoms with Crippen molar-refractivity contribution in [2.75, 3.05) is 13.1 Å². The molecule has 162 valence electrons. The van der Waals surface area contributed by atoms with Crippen molar-refractivity contribution in [1.82, 2.24) is 10.2 Å². The number of rotatable bonds is 7. The van der Waals surface area contributed by atoms with Gasteiger partial charge in [-0.05, 0) is 79.1 Å². The van der Waals surface area contributed by atoms with Gasteiger partial charge < -0.3 is 5.32 Å². The highest BCUT2D eigenvalue weighted by Gasteiger charge is 2.25. The lowest BCUT2D eigenvalue weighted by molar-refractivity contribution is 0.170. The van der Waals surface area contributed by atoms with E-state index in [1.54, 1.807) is 12.1 Å². The molecule has 4 rings (SSSR count).